The maximum absolute atomic E-state index is 12.4. The van der Waals surface area contributed by atoms with Gasteiger partial charge in [-0.1, -0.05) is 0 Å². The Bertz CT molecular complexity index is 1030. The first-order chi connectivity index (χ1) is 14.5. The average molecular weight is 409 g/mol. The van der Waals surface area contributed by atoms with Crippen molar-refractivity contribution in [2.45, 2.75) is 20.4 Å². The third-order valence-corrected chi connectivity index (χ3v) is 4.96. The summed E-state index contributed by atoms with van der Waals surface area (Å²) in [6.07, 6.45) is 0. The number of nitrogens with one attached hydrogen (secondary N) is 2. The van der Waals surface area contributed by atoms with Crippen LogP contribution in [0.4, 0.5) is 10.5 Å². The molecule has 0 aliphatic rings. The van der Waals surface area contributed by atoms with Crippen molar-refractivity contribution in [1.29, 1.82) is 0 Å². The average Bonchev–Trinajstić information content (AvgIpc) is 3.05. The van der Waals surface area contributed by atoms with Crippen LogP contribution in [0.5, 0.6) is 17.2 Å². The highest BCUT2D eigenvalue weighted by Gasteiger charge is 2.13. The molecule has 7 heteroatoms. The lowest BCUT2D eigenvalue weighted by Gasteiger charge is -2.13. The highest BCUT2D eigenvalue weighted by molar-refractivity contribution is 5.91. The van der Waals surface area contributed by atoms with Crippen LogP contribution < -0.4 is 24.8 Å². The van der Waals surface area contributed by atoms with Crippen molar-refractivity contribution < 1.29 is 19.0 Å². The smallest absolute Gasteiger partial charge is 0.319 e. The van der Waals surface area contributed by atoms with E-state index in [4.69, 9.17) is 14.2 Å². The second-order valence-corrected chi connectivity index (χ2v) is 6.80. The molecule has 0 unspecified atom stereocenters. The Hall–Kier alpha value is -3.61. The molecule has 0 saturated carbocycles. The highest BCUT2D eigenvalue weighted by Crippen LogP contribution is 2.29. The molecule has 2 N–H and O–H groups in total. The van der Waals surface area contributed by atoms with Crippen molar-refractivity contribution in [2.24, 2.45) is 0 Å². The molecule has 2 amide bonds. The van der Waals surface area contributed by atoms with Gasteiger partial charge < -0.3 is 29.4 Å². The number of benzene rings is 2. The molecular weight excluding hydrogens is 382 g/mol. The number of carbonyl (C=O) groups is 1. The molecule has 0 spiro atoms. The summed E-state index contributed by atoms with van der Waals surface area (Å²) >= 11 is 0. The van der Waals surface area contributed by atoms with Gasteiger partial charge in [0.1, 0.15) is 17.2 Å². The lowest BCUT2D eigenvalue weighted by atomic mass is 10.2. The lowest BCUT2D eigenvalue weighted by molar-refractivity contribution is 0.251. The molecule has 0 saturated heterocycles. The summed E-state index contributed by atoms with van der Waals surface area (Å²) in [5.74, 6) is 2.00. The predicted molar refractivity (Wildman–Crippen MR) is 117 cm³/mol. The van der Waals surface area contributed by atoms with E-state index < -0.39 is 0 Å². The van der Waals surface area contributed by atoms with E-state index in [9.17, 15) is 4.79 Å². The summed E-state index contributed by atoms with van der Waals surface area (Å²) in [4.78, 5) is 12.4. The van der Waals surface area contributed by atoms with E-state index in [0.717, 1.165) is 28.4 Å². The molecule has 0 fully saturated rings. The van der Waals surface area contributed by atoms with Crippen LogP contribution in [0.1, 0.15) is 17.0 Å². The Kier molecular flexibility index (Phi) is 6.51. The largest absolute Gasteiger partial charge is 0.497 e. The van der Waals surface area contributed by atoms with Crippen LogP contribution in [0.2, 0.25) is 0 Å². The molecule has 158 valence electrons. The normalized spacial score (nSPS) is 10.4. The van der Waals surface area contributed by atoms with Crippen molar-refractivity contribution in [3.8, 4) is 22.9 Å². The molecule has 30 heavy (non-hydrogen) atoms. The SMILES string of the molecule is COc1ccc(-n2c(C)cc(CNC(=O)Nc3ccc(OC)cc3OC)c2C)cc1. The molecule has 0 aliphatic carbocycles. The van der Waals surface area contributed by atoms with E-state index in [1.165, 1.54) is 0 Å². The molecule has 0 radical (unpaired) electrons. The number of hydrogen-bond acceptors (Lipinski definition) is 4. The molecule has 0 bridgehead atoms. The van der Waals surface area contributed by atoms with Crippen LogP contribution in [0.25, 0.3) is 5.69 Å². The number of urea groups is 1. The second kappa shape index (κ2) is 9.26. The van der Waals surface area contributed by atoms with Crippen molar-refractivity contribution in [3.63, 3.8) is 0 Å². The monoisotopic (exact) mass is 409 g/mol. The Balaban J connectivity index is 1.69. The Labute approximate surface area is 176 Å². The van der Waals surface area contributed by atoms with Gasteiger partial charge in [-0.25, -0.2) is 4.79 Å². The molecule has 3 aromatic rings. The van der Waals surface area contributed by atoms with Crippen molar-refractivity contribution in [2.75, 3.05) is 26.6 Å². The van der Waals surface area contributed by atoms with Gasteiger partial charge >= 0.3 is 6.03 Å². The van der Waals surface area contributed by atoms with Gasteiger partial charge in [0.2, 0.25) is 0 Å². The van der Waals surface area contributed by atoms with Crippen molar-refractivity contribution in [1.82, 2.24) is 9.88 Å². The Morgan fingerprint density at radius 1 is 0.900 bits per heavy atom. The third-order valence-electron chi connectivity index (χ3n) is 4.96. The summed E-state index contributed by atoms with van der Waals surface area (Å²) in [5, 5.41) is 5.73. The minimum absolute atomic E-state index is 0.312. The van der Waals surface area contributed by atoms with E-state index >= 15 is 0 Å². The standard InChI is InChI=1S/C23H27N3O4/c1-15-12-17(16(2)26(15)18-6-8-19(28-3)9-7-18)14-24-23(27)25-21-11-10-20(29-4)13-22(21)30-5/h6-13H,14H2,1-5H3,(H2,24,25,27). The fourth-order valence-corrected chi connectivity index (χ4v) is 3.38. The minimum atomic E-state index is -0.312. The van der Waals surface area contributed by atoms with Crippen LogP contribution in [-0.4, -0.2) is 31.9 Å². The van der Waals surface area contributed by atoms with Crippen molar-refractivity contribution >= 4 is 11.7 Å². The van der Waals surface area contributed by atoms with E-state index in [1.807, 2.05) is 38.1 Å². The third kappa shape index (κ3) is 4.51. The van der Waals surface area contributed by atoms with Gasteiger partial charge in [-0.15, -0.1) is 0 Å². The highest BCUT2D eigenvalue weighted by atomic mass is 16.5. The van der Waals surface area contributed by atoms with E-state index in [0.29, 0.717) is 23.7 Å². The first-order valence-corrected chi connectivity index (χ1v) is 9.56. The van der Waals surface area contributed by atoms with Gasteiger partial charge in [-0.05, 0) is 61.9 Å². The van der Waals surface area contributed by atoms with Gasteiger partial charge in [0.25, 0.3) is 0 Å². The Morgan fingerprint density at radius 3 is 2.20 bits per heavy atom. The first kappa shape index (κ1) is 21.1. The van der Waals surface area contributed by atoms with Crippen LogP contribution >= 0.6 is 0 Å². The minimum Gasteiger partial charge on any atom is -0.497 e. The van der Waals surface area contributed by atoms with E-state index in [-0.39, 0.29) is 6.03 Å². The van der Waals surface area contributed by atoms with Crippen molar-refractivity contribution in [3.05, 3.63) is 65.5 Å². The molecule has 2 aromatic carbocycles. The van der Waals surface area contributed by atoms with Gasteiger partial charge in [-0.2, -0.15) is 0 Å². The first-order valence-electron chi connectivity index (χ1n) is 9.56. The number of hydrogen-bond donors (Lipinski definition) is 2. The predicted octanol–water partition coefficient (Wildman–Crippen LogP) is 4.44. The number of carbonyl (C=O) groups excluding carboxylic acids is 1. The number of anilines is 1. The zero-order chi connectivity index (χ0) is 21.7. The molecule has 3 rings (SSSR count). The van der Waals surface area contributed by atoms with Crippen LogP contribution in [0, 0.1) is 13.8 Å². The summed E-state index contributed by atoms with van der Waals surface area (Å²) < 4.78 is 17.9. The zero-order valence-electron chi connectivity index (χ0n) is 17.9. The molecule has 1 heterocycles. The zero-order valence-corrected chi connectivity index (χ0v) is 17.9. The summed E-state index contributed by atoms with van der Waals surface area (Å²) in [7, 11) is 4.78. The number of methoxy groups -OCH3 is 3. The summed E-state index contributed by atoms with van der Waals surface area (Å²) in [6, 6.07) is 14.9. The summed E-state index contributed by atoms with van der Waals surface area (Å²) in [5.41, 5.74) is 4.82. The van der Waals surface area contributed by atoms with Crippen LogP contribution in [0.15, 0.2) is 48.5 Å². The quantitative estimate of drug-likeness (QED) is 0.605. The van der Waals surface area contributed by atoms with Gasteiger partial charge in [0, 0.05) is 29.7 Å². The molecule has 7 nitrogen and oxygen atoms in total. The van der Waals surface area contributed by atoms with E-state index in [2.05, 4.69) is 21.3 Å². The number of aryl methyl sites for hydroxylation is 1. The van der Waals surface area contributed by atoms with Gasteiger partial charge in [-0.3, -0.25) is 0 Å². The number of rotatable bonds is 7. The summed E-state index contributed by atoms with van der Waals surface area (Å²) in [6.45, 7) is 4.49. The van der Waals surface area contributed by atoms with Gasteiger partial charge in [0.15, 0.2) is 0 Å². The van der Waals surface area contributed by atoms with E-state index in [1.54, 1.807) is 39.5 Å². The molecular formula is C23H27N3O4. The fraction of sp³-hybridized carbons (Fsp3) is 0.261. The topological polar surface area (TPSA) is 73.8 Å². The Morgan fingerprint density at radius 2 is 1.57 bits per heavy atom. The number of aromatic nitrogens is 1. The fourth-order valence-electron chi connectivity index (χ4n) is 3.38. The number of nitrogens with zero attached hydrogens (tertiary/aromatic N) is 1. The molecule has 0 aliphatic heterocycles. The van der Waals surface area contributed by atoms with Crippen LogP contribution in [-0.2, 0) is 6.54 Å². The number of amides is 2. The maximum Gasteiger partial charge on any atom is 0.319 e. The second-order valence-electron chi connectivity index (χ2n) is 6.80. The van der Waals surface area contributed by atoms with Gasteiger partial charge in [0.05, 0.1) is 27.0 Å². The lowest BCUT2D eigenvalue weighted by Crippen LogP contribution is -2.28. The van der Waals surface area contributed by atoms with Crippen LogP contribution in [0.3, 0.4) is 0 Å². The molecule has 0 atom stereocenters. The number of ether oxygens (including phenoxy) is 3. The maximum atomic E-state index is 12.4. The molecule has 1 aromatic heterocycles.